The number of hydrogen-bond donors (Lipinski definition) is 4. The minimum absolute atomic E-state index is 0.0406. The van der Waals surface area contributed by atoms with Gasteiger partial charge in [0.05, 0.1) is 42.8 Å². The number of piperazine rings is 1. The Morgan fingerprint density at radius 1 is 0.925 bits per heavy atom. The van der Waals surface area contributed by atoms with Gasteiger partial charge in [-0.1, -0.05) is 12.1 Å². The number of aromatic nitrogens is 3. The van der Waals surface area contributed by atoms with E-state index in [1.807, 2.05) is 29.2 Å². The van der Waals surface area contributed by atoms with Gasteiger partial charge in [-0.2, -0.15) is 0 Å². The number of anilines is 4. The minimum Gasteiger partial charge on any atom is -0.389 e. The maximum Gasteiger partial charge on any atom is 0.255 e. The van der Waals surface area contributed by atoms with Gasteiger partial charge in [0, 0.05) is 91.9 Å². The van der Waals surface area contributed by atoms with Crippen LogP contribution >= 0.6 is 11.3 Å². The predicted octanol–water partition coefficient (Wildman–Crippen LogP) is 4.80. The van der Waals surface area contributed by atoms with Crippen LogP contribution in [0.15, 0.2) is 72.5 Å². The lowest BCUT2D eigenvalue weighted by atomic mass is 9.87. The van der Waals surface area contributed by atoms with Crippen molar-refractivity contribution < 1.29 is 42.3 Å². The van der Waals surface area contributed by atoms with Crippen LogP contribution in [0.25, 0.3) is 11.1 Å². The standard InChI is InChI=1S/C47H47F3N10O6S/c48-29-21-38-41(52-26-59(38)24-29)42(44(64)55-46-51-11-18-67-46)60-25-33-32(45(60)65)19-28(20-34(33)49)27-1-4-31(5-2-27)56-14-16-58(17-15-56)40(62)23-47(66)9-12-57(13-10-47)37-7-3-30(22-35(37)50)53-36-6-8-39(61)54-43(36)63/h1-5,7,11,18-20,22,26,29,36,42,53,66H,6,8-10,12-17,21,23-25H2,(H,51,55,64)(H,54,61,63)/t29-,36-,42?/m1/s1. The first kappa shape index (κ1) is 44.1. The number of piperidine rings is 2. The van der Waals surface area contributed by atoms with Gasteiger partial charge in [0.15, 0.2) is 11.2 Å². The number of nitrogens with one attached hydrogen (secondary N) is 3. The van der Waals surface area contributed by atoms with Gasteiger partial charge in [-0.3, -0.25) is 34.6 Å². The number of aliphatic hydroxyl groups is 1. The molecule has 4 N–H and O–H groups in total. The van der Waals surface area contributed by atoms with E-state index in [9.17, 15) is 33.5 Å². The quantitative estimate of drug-likeness (QED) is 0.134. The maximum absolute atomic E-state index is 16.0. The summed E-state index contributed by atoms with van der Waals surface area (Å²) in [6, 6.07) is 13.2. The lowest BCUT2D eigenvalue weighted by Gasteiger charge is -2.41. The van der Waals surface area contributed by atoms with Gasteiger partial charge in [0.2, 0.25) is 17.7 Å². The fourth-order valence-corrected chi connectivity index (χ4v) is 10.4. The van der Waals surface area contributed by atoms with E-state index in [1.54, 1.807) is 33.0 Å². The number of amides is 5. The number of alkyl halides is 1. The molecule has 5 aromatic rings. The first-order valence-electron chi connectivity index (χ1n) is 22.3. The van der Waals surface area contributed by atoms with Crippen LogP contribution in [0.2, 0.25) is 0 Å². The predicted molar refractivity (Wildman–Crippen MR) is 242 cm³/mol. The molecule has 67 heavy (non-hydrogen) atoms. The first-order valence-corrected chi connectivity index (χ1v) is 23.2. The molecule has 2 aromatic heterocycles. The summed E-state index contributed by atoms with van der Waals surface area (Å²) in [6.07, 6.45) is 2.92. The highest BCUT2D eigenvalue weighted by Gasteiger charge is 2.43. The van der Waals surface area contributed by atoms with Crippen molar-refractivity contribution in [2.24, 2.45) is 0 Å². The summed E-state index contributed by atoms with van der Waals surface area (Å²) in [5, 5.41) is 21.5. The van der Waals surface area contributed by atoms with E-state index >= 15 is 8.78 Å². The Labute approximate surface area is 386 Å². The van der Waals surface area contributed by atoms with Crippen molar-refractivity contribution >= 4 is 63.1 Å². The SMILES string of the molecule is O=C1CC[C@@H](Nc2ccc(N3CCC(O)(CC(=O)N4CCN(c5ccc(-c6cc(F)c7c(c6)C(=O)N(C(C(=O)Nc6nccs6)c6ncn8c6C[C@@H](F)C8)C7)cc5)CC4)CC3)c(F)c2)C(=O)N1. The van der Waals surface area contributed by atoms with E-state index in [0.717, 1.165) is 5.69 Å². The molecule has 0 bridgehead atoms. The van der Waals surface area contributed by atoms with E-state index in [-0.39, 0.29) is 73.8 Å². The van der Waals surface area contributed by atoms with Crippen LogP contribution in [-0.2, 0) is 38.7 Å². The fraction of sp³-hybridized carbons (Fsp3) is 0.383. The first-order chi connectivity index (χ1) is 32.3. The molecule has 5 amide bonds. The van der Waals surface area contributed by atoms with Crippen LogP contribution in [0.5, 0.6) is 0 Å². The van der Waals surface area contributed by atoms with E-state index in [0.29, 0.717) is 79.0 Å². The highest BCUT2D eigenvalue weighted by molar-refractivity contribution is 7.13. The lowest BCUT2D eigenvalue weighted by molar-refractivity contribution is -0.138. The normalized spacial score (nSPS) is 20.7. The maximum atomic E-state index is 16.0. The molecule has 7 heterocycles. The molecule has 0 spiro atoms. The zero-order chi connectivity index (χ0) is 46.6. The molecule has 5 aliphatic heterocycles. The Morgan fingerprint density at radius 3 is 2.42 bits per heavy atom. The summed E-state index contributed by atoms with van der Waals surface area (Å²) in [5.74, 6) is -3.14. The van der Waals surface area contributed by atoms with Crippen LogP contribution in [0.4, 0.5) is 35.4 Å². The number of benzene rings is 3. The van der Waals surface area contributed by atoms with Crippen molar-refractivity contribution in [1.29, 1.82) is 0 Å². The topological polar surface area (TPSA) is 185 Å². The summed E-state index contributed by atoms with van der Waals surface area (Å²) in [6.45, 7) is 2.60. The summed E-state index contributed by atoms with van der Waals surface area (Å²) in [5.41, 5.74) is 2.64. The van der Waals surface area contributed by atoms with Gasteiger partial charge in [0.1, 0.15) is 23.8 Å². The van der Waals surface area contributed by atoms with Gasteiger partial charge in [-0.15, -0.1) is 11.3 Å². The number of thiazole rings is 1. The zero-order valence-corrected chi connectivity index (χ0v) is 37.0. The van der Waals surface area contributed by atoms with Crippen molar-refractivity contribution in [2.45, 2.75) is 75.5 Å². The number of fused-ring (bicyclic) bond motifs is 2. The molecule has 3 aromatic carbocycles. The Hall–Kier alpha value is -6.80. The Morgan fingerprint density at radius 2 is 1.70 bits per heavy atom. The molecule has 5 aliphatic rings. The van der Waals surface area contributed by atoms with E-state index < -0.39 is 53.2 Å². The summed E-state index contributed by atoms with van der Waals surface area (Å²) < 4.78 is 47.3. The average Bonchev–Trinajstić information content (AvgIpc) is 4.12. The number of imidazole rings is 1. The number of carbonyl (C=O) groups excluding carboxylic acids is 5. The summed E-state index contributed by atoms with van der Waals surface area (Å²) >= 11 is 1.20. The third-order valence-corrected chi connectivity index (χ3v) is 14.2. The highest BCUT2D eigenvalue weighted by atomic mass is 32.1. The van der Waals surface area contributed by atoms with Crippen LogP contribution in [-0.4, -0.2) is 116 Å². The summed E-state index contributed by atoms with van der Waals surface area (Å²) in [7, 11) is 0. The third kappa shape index (κ3) is 8.82. The zero-order valence-electron chi connectivity index (χ0n) is 36.2. The van der Waals surface area contributed by atoms with Crippen molar-refractivity contribution in [3.63, 3.8) is 0 Å². The van der Waals surface area contributed by atoms with Crippen LogP contribution in [0, 0.1) is 11.6 Å². The molecule has 20 heteroatoms. The van der Waals surface area contributed by atoms with Crippen molar-refractivity contribution in [3.05, 3.63) is 107 Å². The van der Waals surface area contributed by atoms with E-state index in [4.69, 9.17) is 0 Å². The Balaban J connectivity index is 0.738. The van der Waals surface area contributed by atoms with Crippen LogP contribution in [0.1, 0.15) is 65.5 Å². The van der Waals surface area contributed by atoms with Gasteiger partial charge in [0.25, 0.3) is 11.8 Å². The van der Waals surface area contributed by atoms with Crippen molar-refractivity contribution in [3.8, 4) is 11.1 Å². The molecule has 3 saturated heterocycles. The molecule has 3 fully saturated rings. The summed E-state index contributed by atoms with van der Waals surface area (Å²) in [4.78, 5) is 80.6. The molecule has 3 atom stereocenters. The third-order valence-electron chi connectivity index (χ3n) is 13.5. The minimum atomic E-state index is -1.26. The van der Waals surface area contributed by atoms with Gasteiger partial charge < -0.3 is 34.6 Å². The van der Waals surface area contributed by atoms with Crippen LogP contribution < -0.4 is 25.8 Å². The van der Waals surface area contributed by atoms with Crippen molar-refractivity contribution in [1.82, 2.24) is 29.7 Å². The molecule has 0 aliphatic carbocycles. The van der Waals surface area contributed by atoms with E-state index in [1.165, 1.54) is 40.9 Å². The molecular formula is C47H47F3N10O6S. The second-order valence-corrected chi connectivity index (χ2v) is 18.7. The number of imide groups is 1. The molecule has 1 unspecified atom stereocenters. The molecule has 0 radical (unpaired) electrons. The Bertz CT molecular complexity index is 2760. The van der Waals surface area contributed by atoms with Gasteiger partial charge in [-0.25, -0.2) is 23.1 Å². The number of rotatable bonds is 11. The van der Waals surface area contributed by atoms with Gasteiger partial charge >= 0.3 is 0 Å². The van der Waals surface area contributed by atoms with Gasteiger partial charge in [-0.05, 0) is 72.9 Å². The smallest absolute Gasteiger partial charge is 0.255 e. The highest BCUT2D eigenvalue weighted by Crippen LogP contribution is 2.39. The molecule has 0 saturated carbocycles. The molecular weight excluding hydrogens is 890 g/mol. The number of hydrogen-bond acceptors (Lipinski definition) is 12. The molecule has 16 nitrogen and oxygen atoms in total. The molecule has 10 rings (SSSR count). The van der Waals surface area contributed by atoms with E-state index in [2.05, 4.69) is 30.8 Å². The molecule has 348 valence electrons. The number of nitrogens with zero attached hydrogens (tertiary/aromatic N) is 7. The van der Waals surface area contributed by atoms with Crippen molar-refractivity contribution in [2.75, 3.05) is 59.7 Å². The number of carbonyl (C=O) groups is 5. The average molecular weight is 937 g/mol. The fourth-order valence-electron chi connectivity index (χ4n) is 9.85. The second-order valence-electron chi connectivity index (χ2n) is 17.8. The Kier molecular flexibility index (Phi) is 11.7. The largest absolute Gasteiger partial charge is 0.389 e. The number of halogens is 3. The lowest BCUT2D eigenvalue weighted by Crippen LogP contribution is -2.52. The van der Waals surface area contributed by atoms with Crippen LogP contribution in [0.3, 0.4) is 0 Å². The monoisotopic (exact) mass is 936 g/mol. The second kappa shape index (κ2) is 17.8.